The molecule has 0 amide bonds. The Kier molecular flexibility index (Phi) is 6.91. The molecule has 0 saturated carbocycles. The van der Waals surface area contributed by atoms with Crippen LogP contribution in [0.3, 0.4) is 0 Å². The summed E-state index contributed by atoms with van der Waals surface area (Å²) in [6.45, 7) is 3.35. The van der Waals surface area contributed by atoms with Gasteiger partial charge in [-0.05, 0) is 32.0 Å². The van der Waals surface area contributed by atoms with Crippen molar-refractivity contribution in [1.82, 2.24) is 10.3 Å². The molecule has 21 heavy (non-hydrogen) atoms. The highest BCUT2D eigenvalue weighted by Gasteiger charge is 2.30. The van der Waals surface area contributed by atoms with E-state index < -0.39 is 12.7 Å². The van der Waals surface area contributed by atoms with Crippen LogP contribution in [0.25, 0.3) is 0 Å². The Morgan fingerprint density at radius 3 is 2.57 bits per heavy atom. The van der Waals surface area contributed by atoms with Crippen LogP contribution in [-0.4, -0.2) is 42.5 Å². The lowest BCUT2D eigenvalue weighted by molar-refractivity contribution is -0.119. The number of alkyl halides is 3. The van der Waals surface area contributed by atoms with E-state index in [1.54, 1.807) is 12.1 Å². The van der Waals surface area contributed by atoms with Gasteiger partial charge in [0, 0.05) is 12.6 Å². The standard InChI is InChI=1S/C14H22F3N3O/c1-3-6-18-11(2)13-5-4-12(9-19-13)20(7-8-21)10-14(15,16)17/h4-5,9,11,18,21H,3,6-8,10H2,1-2H3. The number of halogens is 3. The zero-order valence-corrected chi connectivity index (χ0v) is 12.3. The topological polar surface area (TPSA) is 48.4 Å². The molecule has 1 heterocycles. The third-order valence-electron chi connectivity index (χ3n) is 3.02. The SMILES string of the molecule is CCCNC(C)c1ccc(N(CCO)CC(F)(F)F)cn1. The second kappa shape index (κ2) is 8.19. The van der Waals surface area contributed by atoms with Crippen LogP contribution in [-0.2, 0) is 0 Å². The quantitative estimate of drug-likeness (QED) is 0.775. The number of aliphatic hydroxyl groups is 1. The first-order chi connectivity index (χ1) is 9.87. The maximum atomic E-state index is 12.5. The minimum absolute atomic E-state index is 0.0490. The van der Waals surface area contributed by atoms with Gasteiger partial charge >= 0.3 is 6.18 Å². The van der Waals surface area contributed by atoms with Crippen molar-refractivity contribution in [2.45, 2.75) is 32.5 Å². The highest BCUT2D eigenvalue weighted by molar-refractivity contribution is 5.45. The predicted molar refractivity (Wildman–Crippen MR) is 76.3 cm³/mol. The van der Waals surface area contributed by atoms with Gasteiger partial charge in [0.05, 0.1) is 24.2 Å². The molecule has 4 nitrogen and oxygen atoms in total. The summed E-state index contributed by atoms with van der Waals surface area (Å²) in [6, 6.07) is 3.37. The molecule has 1 rings (SSSR count). The van der Waals surface area contributed by atoms with Gasteiger partial charge in [0.15, 0.2) is 0 Å². The lowest BCUT2D eigenvalue weighted by Crippen LogP contribution is -2.36. The van der Waals surface area contributed by atoms with Crippen molar-refractivity contribution in [1.29, 1.82) is 0 Å². The summed E-state index contributed by atoms with van der Waals surface area (Å²) >= 11 is 0. The smallest absolute Gasteiger partial charge is 0.395 e. The van der Waals surface area contributed by atoms with Gasteiger partial charge in [-0.3, -0.25) is 4.98 Å². The van der Waals surface area contributed by atoms with E-state index in [2.05, 4.69) is 17.2 Å². The van der Waals surface area contributed by atoms with Gasteiger partial charge in [-0.2, -0.15) is 13.2 Å². The molecule has 0 aromatic carbocycles. The van der Waals surface area contributed by atoms with Crippen LogP contribution in [0, 0.1) is 0 Å². The Bertz CT molecular complexity index is 409. The largest absolute Gasteiger partial charge is 0.405 e. The summed E-state index contributed by atoms with van der Waals surface area (Å²) in [5.74, 6) is 0. The van der Waals surface area contributed by atoms with Gasteiger partial charge in [0.25, 0.3) is 0 Å². The zero-order valence-electron chi connectivity index (χ0n) is 12.3. The first-order valence-corrected chi connectivity index (χ1v) is 6.99. The van der Waals surface area contributed by atoms with Crippen LogP contribution in [0.5, 0.6) is 0 Å². The van der Waals surface area contributed by atoms with E-state index in [0.717, 1.165) is 23.6 Å². The van der Waals surface area contributed by atoms with Gasteiger partial charge in [-0.15, -0.1) is 0 Å². The van der Waals surface area contributed by atoms with E-state index in [4.69, 9.17) is 5.11 Å². The first-order valence-electron chi connectivity index (χ1n) is 6.99. The van der Waals surface area contributed by atoms with Crippen LogP contribution < -0.4 is 10.2 Å². The molecule has 7 heteroatoms. The van der Waals surface area contributed by atoms with Gasteiger partial charge in [0.2, 0.25) is 0 Å². The lowest BCUT2D eigenvalue weighted by Gasteiger charge is -2.25. The van der Waals surface area contributed by atoms with E-state index in [0.29, 0.717) is 5.69 Å². The summed E-state index contributed by atoms with van der Waals surface area (Å²) in [4.78, 5) is 5.28. The molecule has 2 N–H and O–H groups in total. The minimum atomic E-state index is -4.32. The maximum Gasteiger partial charge on any atom is 0.405 e. The number of aliphatic hydroxyl groups excluding tert-OH is 1. The van der Waals surface area contributed by atoms with Gasteiger partial charge in [-0.25, -0.2) is 0 Å². The number of aromatic nitrogens is 1. The van der Waals surface area contributed by atoms with Crippen LogP contribution >= 0.6 is 0 Å². The van der Waals surface area contributed by atoms with Gasteiger partial charge < -0.3 is 15.3 Å². The monoisotopic (exact) mass is 305 g/mol. The molecule has 1 aromatic rings. The van der Waals surface area contributed by atoms with Crippen molar-refractivity contribution >= 4 is 5.69 Å². The van der Waals surface area contributed by atoms with E-state index in [1.807, 2.05) is 6.92 Å². The Morgan fingerprint density at radius 2 is 2.10 bits per heavy atom. The van der Waals surface area contributed by atoms with E-state index >= 15 is 0 Å². The molecule has 1 atom stereocenters. The van der Waals surface area contributed by atoms with Gasteiger partial charge in [-0.1, -0.05) is 6.92 Å². The van der Waals surface area contributed by atoms with Crippen molar-refractivity contribution in [2.24, 2.45) is 0 Å². The van der Waals surface area contributed by atoms with Crippen molar-refractivity contribution in [2.75, 3.05) is 31.1 Å². The number of pyridine rings is 1. The van der Waals surface area contributed by atoms with Crippen molar-refractivity contribution in [3.05, 3.63) is 24.0 Å². The molecule has 0 spiro atoms. The summed E-state index contributed by atoms with van der Waals surface area (Å²) < 4.78 is 37.5. The molecular formula is C14H22F3N3O. The normalized spacial score (nSPS) is 13.2. The molecule has 0 bridgehead atoms. The van der Waals surface area contributed by atoms with E-state index in [1.165, 1.54) is 6.20 Å². The number of rotatable bonds is 8. The van der Waals surface area contributed by atoms with E-state index in [-0.39, 0.29) is 19.2 Å². The summed E-state index contributed by atoms with van der Waals surface area (Å²) in [5.41, 5.74) is 1.14. The highest BCUT2D eigenvalue weighted by atomic mass is 19.4. The summed E-state index contributed by atoms with van der Waals surface area (Å²) in [5, 5.41) is 12.2. The first kappa shape index (κ1) is 17.7. The fraction of sp³-hybridized carbons (Fsp3) is 0.643. The molecule has 120 valence electrons. The molecule has 0 aliphatic heterocycles. The Balaban J connectivity index is 2.77. The predicted octanol–water partition coefficient (Wildman–Crippen LogP) is 2.50. The molecule has 0 aliphatic carbocycles. The minimum Gasteiger partial charge on any atom is -0.395 e. The number of hydrogen-bond acceptors (Lipinski definition) is 4. The van der Waals surface area contributed by atoms with Crippen LogP contribution in [0.1, 0.15) is 32.0 Å². The fourth-order valence-electron chi connectivity index (χ4n) is 1.94. The van der Waals surface area contributed by atoms with Crippen LogP contribution in [0.4, 0.5) is 18.9 Å². The highest BCUT2D eigenvalue weighted by Crippen LogP contribution is 2.22. The lowest BCUT2D eigenvalue weighted by atomic mass is 10.2. The Labute approximate surface area is 123 Å². The van der Waals surface area contributed by atoms with Crippen LogP contribution in [0.15, 0.2) is 18.3 Å². The molecule has 0 fully saturated rings. The van der Waals surface area contributed by atoms with Crippen molar-refractivity contribution in [3.8, 4) is 0 Å². The average molecular weight is 305 g/mol. The second-order valence-corrected chi connectivity index (χ2v) is 4.88. The molecule has 1 unspecified atom stereocenters. The van der Waals surface area contributed by atoms with Crippen molar-refractivity contribution < 1.29 is 18.3 Å². The zero-order chi connectivity index (χ0) is 15.9. The average Bonchev–Trinajstić information content (AvgIpc) is 2.43. The number of hydrogen-bond donors (Lipinski definition) is 2. The Morgan fingerprint density at radius 1 is 1.38 bits per heavy atom. The third kappa shape index (κ3) is 6.31. The number of anilines is 1. The number of nitrogens with zero attached hydrogens (tertiary/aromatic N) is 2. The maximum absolute atomic E-state index is 12.5. The molecule has 0 aliphatic rings. The van der Waals surface area contributed by atoms with E-state index in [9.17, 15) is 13.2 Å². The van der Waals surface area contributed by atoms with Gasteiger partial charge in [0.1, 0.15) is 6.54 Å². The number of nitrogens with one attached hydrogen (secondary N) is 1. The van der Waals surface area contributed by atoms with Crippen LogP contribution in [0.2, 0.25) is 0 Å². The fourth-order valence-corrected chi connectivity index (χ4v) is 1.94. The van der Waals surface area contributed by atoms with Crippen molar-refractivity contribution in [3.63, 3.8) is 0 Å². The summed E-state index contributed by atoms with van der Waals surface area (Å²) in [6.07, 6.45) is -1.90. The molecular weight excluding hydrogens is 283 g/mol. The molecule has 1 aromatic heterocycles. The second-order valence-electron chi connectivity index (χ2n) is 4.88. The molecule has 0 radical (unpaired) electrons. The molecule has 0 saturated heterocycles. The Hall–Kier alpha value is -1.34. The summed E-state index contributed by atoms with van der Waals surface area (Å²) in [7, 11) is 0. The third-order valence-corrected chi connectivity index (χ3v) is 3.02.